The summed E-state index contributed by atoms with van der Waals surface area (Å²) in [5.74, 6) is 0.517. The third kappa shape index (κ3) is 3.78. The zero-order chi connectivity index (χ0) is 20.8. The quantitative estimate of drug-likeness (QED) is 0.679. The molecular formula is C20H23F3N6. The molecular weight excluding hydrogens is 381 g/mol. The number of aromatic amines is 1. The molecule has 29 heavy (non-hydrogen) atoms. The lowest BCUT2D eigenvalue weighted by molar-refractivity contribution is -0.137. The van der Waals surface area contributed by atoms with Crippen LogP contribution >= 0.6 is 0 Å². The van der Waals surface area contributed by atoms with Gasteiger partial charge in [-0.1, -0.05) is 20.8 Å². The van der Waals surface area contributed by atoms with Crippen LogP contribution in [0.15, 0.2) is 30.5 Å². The summed E-state index contributed by atoms with van der Waals surface area (Å²) in [4.78, 5) is 10.6. The second-order valence-corrected chi connectivity index (χ2v) is 8.35. The molecule has 6 nitrogen and oxygen atoms in total. The van der Waals surface area contributed by atoms with Crippen LogP contribution in [0, 0.1) is 5.41 Å². The van der Waals surface area contributed by atoms with Crippen molar-refractivity contribution in [1.29, 1.82) is 0 Å². The van der Waals surface area contributed by atoms with Crippen molar-refractivity contribution in [3.8, 4) is 11.4 Å². The van der Waals surface area contributed by atoms with Gasteiger partial charge in [0.1, 0.15) is 17.2 Å². The van der Waals surface area contributed by atoms with Gasteiger partial charge in [0.2, 0.25) is 0 Å². The van der Waals surface area contributed by atoms with Crippen molar-refractivity contribution in [1.82, 2.24) is 25.5 Å². The van der Waals surface area contributed by atoms with Gasteiger partial charge >= 0.3 is 6.18 Å². The monoisotopic (exact) mass is 404 g/mol. The Labute approximate surface area is 166 Å². The fourth-order valence-electron chi connectivity index (χ4n) is 3.61. The highest BCUT2D eigenvalue weighted by molar-refractivity contribution is 5.90. The molecule has 4 rings (SSSR count). The standard InChI is InChI=1S/C20H23F3N6/c1-19(2,3)14-11-29(10-9-24-14)15-7-6-13(20(21,22)23)17(26-15)16-12-5-4-8-25-18(12)28-27-16/h4-8,14,24H,9-11H2,1-3H3,(H,25,27,28)/t14-/m1/s1. The van der Waals surface area contributed by atoms with Gasteiger partial charge in [-0.05, 0) is 29.7 Å². The van der Waals surface area contributed by atoms with E-state index in [1.807, 2.05) is 4.90 Å². The fraction of sp³-hybridized carbons (Fsp3) is 0.450. The van der Waals surface area contributed by atoms with Crippen LogP contribution in [0.1, 0.15) is 26.3 Å². The van der Waals surface area contributed by atoms with Gasteiger partial charge in [-0.15, -0.1) is 0 Å². The topological polar surface area (TPSA) is 69.7 Å². The van der Waals surface area contributed by atoms with E-state index in [2.05, 4.69) is 46.3 Å². The molecule has 4 heterocycles. The molecule has 1 fully saturated rings. The number of aromatic nitrogens is 4. The zero-order valence-corrected chi connectivity index (χ0v) is 16.5. The van der Waals surface area contributed by atoms with E-state index >= 15 is 0 Å². The number of fused-ring (bicyclic) bond motifs is 1. The maximum atomic E-state index is 13.7. The van der Waals surface area contributed by atoms with Crippen LogP contribution in [0.4, 0.5) is 19.0 Å². The van der Waals surface area contributed by atoms with Crippen LogP contribution in [0.2, 0.25) is 0 Å². The van der Waals surface area contributed by atoms with Crippen LogP contribution in [0.3, 0.4) is 0 Å². The van der Waals surface area contributed by atoms with Crippen LogP contribution < -0.4 is 10.2 Å². The van der Waals surface area contributed by atoms with Crippen molar-refractivity contribution in [2.24, 2.45) is 5.41 Å². The van der Waals surface area contributed by atoms with Gasteiger partial charge in [0.25, 0.3) is 0 Å². The second-order valence-electron chi connectivity index (χ2n) is 8.35. The minimum atomic E-state index is -4.54. The van der Waals surface area contributed by atoms with E-state index < -0.39 is 11.7 Å². The maximum absolute atomic E-state index is 13.7. The predicted molar refractivity (Wildman–Crippen MR) is 106 cm³/mol. The normalized spacial score (nSPS) is 18.4. The van der Waals surface area contributed by atoms with Crippen molar-refractivity contribution in [3.63, 3.8) is 0 Å². The number of nitrogens with one attached hydrogen (secondary N) is 2. The first kappa shape index (κ1) is 19.6. The Morgan fingerprint density at radius 3 is 2.62 bits per heavy atom. The summed E-state index contributed by atoms with van der Waals surface area (Å²) >= 11 is 0. The molecule has 9 heteroatoms. The summed E-state index contributed by atoms with van der Waals surface area (Å²) in [5, 5.41) is 10.8. The minimum Gasteiger partial charge on any atom is -0.354 e. The van der Waals surface area contributed by atoms with Crippen molar-refractivity contribution in [3.05, 3.63) is 36.0 Å². The number of H-pyrrole nitrogens is 1. The van der Waals surface area contributed by atoms with E-state index in [4.69, 9.17) is 0 Å². The molecule has 0 saturated carbocycles. The maximum Gasteiger partial charge on any atom is 0.418 e. The van der Waals surface area contributed by atoms with Crippen molar-refractivity contribution < 1.29 is 13.2 Å². The average molecular weight is 404 g/mol. The molecule has 0 unspecified atom stereocenters. The molecule has 154 valence electrons. The molecule has 1 aliphatic rings. The molecule has 1 aliphatic heterocycles. The lowest BCUT2D eigenvalue weighted by Gasteiger charge is -2.41. The highest BCUT2D eigenvalue weighted by Gasteiger charge is 2.37. The minimum absolute atomic E-state index is 0.0253. The summed E-state index contributed by atoms with van der Waals surface area (Å²) in [6.45, 7) is 8.51. The van der Waals surface area contributed by atoms with E-state index in [9.17, 15) is 13.2 Å². The Morgan fingerprint density at radius 2 is 1.90 bits per heavy atom. The molecule has 0 radical (unpaired) electrons. The Bertz CT molecular complexity index is 1020. The number of pyridine rings is 2. The number of halogens is 3. The Kier molecular flexibility index (Phi) is 4.72. The molecule has 2 N–H and O–H groups in total. The third-order valence-corrected chi connectivity index (χ3v) is 5.29. The van der Waals surface area contributed by atoms with Gasteiger partial charge in [0, 0.05) is 37.3 Å². The Balaban J connectivity index is 1.80. The van der Waals surface area contributed by atoms with Crippen molar-refractivity contribution in [2.45, 2.75) is 33.0 Å². The van der Waals surface area contributed by atoms with E-state index in [0.29, 0.717) is 29.9 Å². The summed E-state index contributed by atoms with van der Waals surface area (Å²) in [6, 6.07) is 6.12. The fourth-order valence-corrected chi connectivity index (χ4v) is 3.61. The number of alkyl halides is 3. The molecule has 0 aromatic carbocycles. The smallest absolute Gasteiger partial charge is 0.354 e. The second kappa shape index (κ2) is 6.98. The highest BCUT2D eigenvalue weighted by atomic mass is 19.4. The Morgan fingerprint density at radius 1 is 1.10 bits per heavy atom. The molecule has 1 saturated heterocycles. The molecule has 0 aliphatic carbocycles. The number of hydrogen-bond acceptors (Lipinski definition) is 5. The Hall–Kier alpha value is -2.68. The first-order valence-corrected chi connectivity index (χ1v) is 9.50. The van der Waals surface area contributed by atoms with Gasteiger partial charge in [-0.2, -0.15) is 18.3 Å². The van der Waals surface area contributed by atoms with E-state index in [-0.39, 0.29) is 22.8 Å². The summed E-state index contributed by atoms with van der Waals surface area (Å²) in [7, 11) is 0. The number of hydrogen-bond donors (Lipinski definition) is 2. The van der Waals surface area contributed by atoms with Crippen LogP contribution in [0.5, 0.6) is 0 Å². The first-order chi connectivity index (χ1) is 13.6. The summed E-state index contributed by atoms with van der Waals surface area (Å²) in [6.07, 6.45) is -2.97. The lowest BCUT2D eigenvalue weighted by atomic mass is 9.85. The zero-order valence-electron chi connectivity index (χ0n) is 16.5. The molecule has 0 spiro atoms. The lowest BCUT2D eigenvalue weighted by Crippen LogP contribution is -2.56. The van der Waals surface area contributed by atoms with Gasteiger partial charge in [0.15, 0.2) is 5.65 Å². The van der Waals surface area contributed by atoms with Crippen LogP contribution in [-0.2, 0) is 6.18 Å². The molecule has 0 amide bonds. The van der Waals surface area contributed by atoms with Crippen LogP contribution in [-0.4, -0.2) is 45.8 Å². The van der Waals surface area contributed by atoms with Gasteiger partial charge in [-0.3, -0.25) is 5.10 Å². The van der Waals surface area contributed by atoms with Gasteiger partial charge in [0.05, 0.1) is 5.56 Å². The summed E-state index contributed by atoms with van der Waals surface area (Å²) in [5.41, 5.74) is -0.374. The average Bonchev–Trinajstić information content (AvgIpc) is 3.10. The van der Waals surface area contributed by atoms with E-state index in [1.54, 1.807) is 18.3 Å². The number of anilines is 1. The largest absolute Gasteiger partial charge is 0.418 e. The molecule has 3 aromatic heterocycles. The third-order valence-electron chi connectivity index (χ3n) is 5.29. The van der Waals surface area contributed by atoms with Crippen molar-refractivity contribution in [2.75, 3.05) is 24.5 Å². The number of nitrogens with zero attached hydrogens (tertiary/aromatic N) is 4. The van der Waals surface area contributed by atoms with Gasteiger partial charge in [-0.25, -0.2) is 9.97 Å². The SMILES string of the molecule is CC(C)(C)[C@H]1CN(c2ccc(C(F)(F)F)c(-c3n[nH]c4ncccc34)n2)CCN1. The summed E-state index contributed by atoms with van der Waals surface area (Å²) < 4.78 is 41.1. The highest BCUT2D eigenvalue weighted by Crippen LogP contribution is 2.38. The first-order valence-electron chi connectivity index (χ1n) is 9.50. The number of piperazine rings is 1. The molecule has 0 bridgehead atoms. The predicted octanol–water partition coefficient (Wildman–Crippen LogP) is 3.86. The van der Waals surface area contributed by atoms with E-state index in [1.165, 1.54) is 6.07 Å². The number of rotatable bonds is 2. The molecule has 3 aromatic rings. The van der Waals surface area contributed by atoms with E-state index in [0.717, 1.165) is 12.6 Å². The van der Waals surface area contributed by atoms with Crippen LogP contribution in [0.25, 0.3) is 22.4 Å². The molecule has 1 atom stereocenters. The van der Waals surface area contributed by atoms with Crippen molar-refractivity contribution >= 4 is 16.9 Å². The van der Waals surface area contributed by atoms with Gasteiger partial charge < -0.3 is 10.2 Å².